The quantitative estimate of drug-likeness (QED) is 0.850. The van der Waals surface area contributed by atoms with Crippen molar-refractivity contribution in [1.29, 1.82) is 0 Å². The van der Waals surface area contributed by atoms with Crippen LogP contribution in [-0.2, 0) is 12.4 Å². The molecule has 0 atom stereocenters. The van der Waals surface area contributed by atoms with Crippen LogP contribution in [0, 0.1) is 0 Å². The zero-order chi connectivity index (χ0) is 10.7. The summed E-state index contributed by atoms with van der Waals surface area (Å²) in [5.74, 6) is 1.63. The van der Waals surface area contributed by atoms with Crippen LogP contribution in [0.5, 0.6) is 0 Å². The number of hydrogen-bond acceptors (Lipinski definition) is 4. The summed E-state index contributed by atoms with van der Waals surface area (Å²) in [4.78, 5) is 0.981. The second-order valence-electron chi connectivity index (χ2n) is 2.87. The van der Waals surface area contributed by atoms with E-state index in [1.807, 2.05) is 18.2 Å². The fraction of sp³-hybridized carbons (Fsp3) is 0.200. The highest BCUT2D eigenvalue weighted by molar-refractivity contribution is 8.00. The fourth-order valence-electron chi connectivity index (χ4n) is 1.09. The maximum atomic E-state index is 8.90. The van der Waals surface area contributed by atoms with E-state index >= 15 is 0 Å². The lowest BCUT2D eigenvalue weighted by atomic mass is 10.5. The van der Waals surface area contributed by atoms with Crippen molar-refractivity contribution in [3.8, 4) is 0 Å². The van der Waals surface area contributed by atoms with Crippen molar-refractivity contribution in [1.82, 2.24) is 0 Å². The Morgan fingerprint density at radius 1 is 1.33 bits per heavy atom. The highest BCUT2D eigenvalue weighted by Crippen LogP contribution is 2.30. The van der Waals surface area contributed by atoms with Gasteiger partial charge in [0.25, 0.3) is 0 Å². The Kier molecular flexibility index (Phi) is 3.75. The van der Waals surface area contributed by atoms with Crippen LogP contribution in [0.1, 0.15) is 10.6 Å². The van der Waals surface area contributed by atoms with Gasteiger partial charge in [-0.15, -0.1) is 23.1 Å². The molecule has 2 aromatic heterocycles. The minimum atomic E-state index is 0.109. The third-order valence-electron chi connectivity index (χ3n) is 1.78. The van der Waals surface area contributed by atoms with E-state index in [-0.39, 0.29) is 6.61 Å². The summed E-state index contributed by atoms with van der Waals surface area (Å²) in [6, 6.07) is 7.55. The summed E-state index contributed by atoms with van der Waals surface area (Å²) < 4.78 is 6.41. The average Bonchev–Trinajstić information content (AvgIpc) is 2.83. The molecule has 0 aromatic carbocycles. The number of halogens is 1. The molecule has 0 saturated heterocycles. The molecule has 1 N–H and O–H groups in total. The number of thiophene rings is 1. The van der Waals surface area contributed by atoms with Gasteiger partial charge in [0.15, 0.2) is 5.22 Å². The molecule has 0 fully saturated rings. The Morgan fingerprint density at radius 2 is 2.20 bits per heavy atom. The number of rotatable bonds is 4. The summed E-state index contributed by atoms with van der Waals surface area (Å²) in [5, 5.41) is 9.33. The smallest absolute Gasteiger partial charge is 0.193 e. The second kappa shape index (κ2) is 5.07. The maximum absolute atomic E-state index is 8.90. The summed E-state index contributed by atoms with van der Waals surface area (Å²) in [7, 11) is 0. The van der Waals surface area contributed by atoms with Gasteiger partial charge < -0.3 is 9.52 Å². The molecule has 0 bridgehead atoms. The first-order valence-electron chi connectivity index (χ1n) is 4.34. The minimum Gasteiger partial charge on any atom is -0.449 e. The average molecular weight is 261 g/mol. The van der Waals surface area contributed by atoms with Gasteiger partial charge in [0.1, 0.15) is 5.76 Å². The van der Waals surface area contributed by atoms with Crippen LogP contribution in [0.25, 0.3) is 0 Å². The van der Waals surface area contributed by atoms with E-state index < -0.39 is 0 Å². The number of thioether (sulfide) groups is 1. The molecule has 0 amide bonds. The zero-order valence-corrected chi connectivity index (χ0v) is 10.2. The Hall–Kier alpha value is -0.420. The third kappa shape index (κ3) is 3.01. The maximum Gasteiger partial charge on any atom is 0.193 e. The molecule has 0 aliphatic heterocycles. The number of aliphatic hydroxyl groups excluding tert-OH is 1. The van der Waals surface area contributed by atoms with E-state index in [1.165, 1.54) is 4.21 Å². The molecule has 0 aliphatic carbocycles. The standard InChI is InChI=1S/C10H9ClO2S2/c11-9-3-1-7(13-9)6-14-10-4-2-8(5-12)15-10/h1-4,12H,5-6H2. The Balaban J connectivity index is 1.93. The van der Waals surface area contributed by atoms with E-state index in [9.17, 15) is 0 Å². The minimum absolute atomic E-state index is 0.109. The summed E-state index contributed by atoms with van der Waals surface area (Å²) in [6.45, 7) is 0.109. The van der Waals surface area contributed by atoms with Crippen LogP contribution in [0.4, 0.5) is 0 Å². The molecule has 2 nitrogen and oxygen atoms in total. The second-order valence-corrected chi connectivity index (χ2v) is 5.69. The molecule has 2 heterocycles. The van der Waals surface area contributed by atoms with Crippen molar-refractivity contribution in [3.63, 3.8) is 0 Å². The van der Waals surface area contributed by atoms with E-state index in [1.54, 1.807) is 29.2 Å². The largest absolute Gasteiger partial charge is 0.449 e. The normalized spacial score (nSPS) is 10.8. The molecular weight excluding hydrogens is 252 g/mol. The lowest BCUT2D eigenvalue weighted by Gasteiger charge is -1.94. The van der Waals surface area contributed by atoms with Crippen molar-refractivity contribution in [3.05, 3.63) is 40.1 Å². The molecule has 0 aliphatic rings. The molecule has 15 heavy (non-hydrogen) atoms. The summed E-state index contributed by atoms with van der Waals surface area (Å²) >= 11 is 8.94. The van der Waals surface area contributed by atoms with Gasteiger partial charge in [-0.25, -0.2) is 0 Å². The van der Waals surface area contributed by atoms with Crippen LogP contribution in [-0.4, -0.2) is 5.11 Å². The highest BCUT2D eigenvalue weighted by Gasteiger charge is 2.03. The van der Waals surface area contributed by atoms with Gasteiger partial charge in [-0.05, 0) is 35.9 Å². The van der Waals surface area contributed by atoms with Gasteiger partial charge in [0.05, 0.1) is 16.6 Å². The van der Waals surface area contributed by atoms with Crippen LogP contribution in [0.2, 0.25) is 5.22 Å². The fourth-order valence-corrected chi connectivity index (χ4v) is 3.19. The number of furan rings is 1. The van der Waals surface area contributed by atoms with Crippen molar-refractivity contribution < 1.29 is 9.52 Å². The third-order valence-corrected chi connectivity index (χ3v) is 4.30. The van der Waals surface area contributed by atoms with Crippen molar-refractivity contribution in [2.75, 3.05) is 0 Å². The summed E-state index contributed by atoms with van der Waals surface area (Å²) in [5.41, 5.74) is 0. The zero-order valence-electron chi connectivity index (χ0n) is 7.77. The first-order valence-corrected chi connectivity index (χ1v) is 6.52. The topological polar surface area (TPSA) is 33.4 Å². The lowest BCUT2D eigenvalue weighted by molar-refractivity contribution is 0.285. The molecule has 0 unspecified atom stereocenters. The monoisotopic (exact) mass is 260 g/mol. The Labute approximate surface area is 101 Å². The molecule has 5 heteroatoms. The molecule has 0 spiro atoms. The number of hydrogen-bond donors (Lipinski definition) is 1. The predicted molar refractivity (Wildman–Crippen MR) is 63.5 cm³/mol. The molecule has 2 rings (SSSR count). The van der Waals surface area contributed by atoms with Crippen LogP contribution in [0.15, 0.2) is 32.9 Å². The van der Waals surface area contributed by atoms with Gasteiger partial charge in [0, 0.05) is 4.88 Å². The molecule has 0 radical (unpaired) electrons. The van der Waals surface area contributed by atoms with Gasteiger partial charge in [-0.3, -0.25) is 0 Å². The van der Waals surface area contributed by atoms with Crippen LogP contribution >= 0.6 is 34.7 Å². The first kappa shape index (κ1) is 11.1. The predicted octanol–water partition coefficient (Wildman–Crippen LogP) is 3.78. The van der Waals surface area contributed by atoms with E-state index in [0.717, 1.165) is 16.4 Å². The Bertz CT molecular complexity index is 436. The van der Waals surface area contributed by atoms with Gasteiger partial charge in [0.2, 0.25) is 0 Å². The number of aliphatic hydroxyl groups is 1. The van der Waals surface area contributed by atoms with E-state index in [2.05, 4.69) is 0 Å². The van der Waals surface area contributed by atoms with Gasteiger partial charge in [-0.2, -0.15) is 0 Å². The lowest BCUT2D eigenvalue weighted by Crippen LogP contribution is -1.72. The van der Waals surface area contributed by atoms with Crippen LogP contribution in [0.3, 0.4) is 0 Å². The van der Waals surface area contributed by atoms with Crippen LogP contribution < -0.4 is 0 Å². The Morgan fingerprint density at radius 3 is 2.80 bits per heavy atom. The van der Waals surface area contributed by atoms with Gasteiger partial charge in [-0.1, -0.05) is 0 Å². The van der Waals surface area contributed by atoms with Crippen molar-refractivity contribution in [2.24, 2.45) is 0 Å². The van der Waals surface area contributed by atoms with E-state index in [4.69, 9.17) is 21.1 Å². The SMILES string of the molecule is OCc1ccc(SCc2ccc(Cl)o2)s1. The van der Waals surface area contributed by atoms with Gasteiger partial charge >= 0.3 is 0 Å². The summed E-state index contributed by atoms with van der Waals surface area (Å²) in [6.07, 6.45) is 0. The molecular formula is C10H9ClO2S2. The first-order chi connectivity index (χ1) is 7.28. The van der Waals surface area contributed by atoms with Crippen molar-refractivity contribution in [2.45, 2.75) is 16.6 Å². The molecule has 80 valence electrons. The van der Waals surface area contributed by atoms with E-state index in [0.29, 0.717) is 5.22 Å². The highest BCUT2D eigenvalue weighted by atomic mass is 35.5. The van der Waals surface area contributed by atoms with Crippen molar-refractivity contribution >= 4 is 34.7 Å². The molecule has 0 saturated carbocycles. The molecule has 2 aromatic rings.